The summed E-state index contributed by atoms with van der Waals surface area (Å²) < 4.78 is 5.17. The second kappa shape index (κ2) is 10.7. The van der Waals surface area contributed by atoms with Crippen molar-refractivity contribution in [2.45, 2.75) is 45.7 Å². The number of esters is 1. The smallest absolute Gasteiger partial charge is 0.329 e. The molecule has 0 saturated heterocycles. The number of hydrogen-bond acceptors (Lipinski definition) is 7. The van der Waals surface area contributed by atoms with E-state index in [1.165, 1.54) is 4.90 Å². The summed E-state index contributed by atoms with van der Waals surface area (Å²) in [5, 5.41) is 5.77. The Morgan fingerprint density at radius 2 is 1.88 bits per heavy atom. The fourth-order valence-electron chi connectivity index (χ4n) is 3.69. The number of carbonyl (C=O) groups excluding carboxylic acids is 3. The number of amides is 2. The largest absolute Gasteiger partial charge is 0.464 e. The van der Waals surface area contributed by atoms with E-state index in [0.717, 1.165) is 12.0 Å². The lowest BCUT2D eigenvalue weighted by Gasteiger charge is -2.26. The molecule has 170 valence electrons. The normalized spacial score (nSPS) is 16.6. The number of hydrogen-bond donors (Lipinski definition) is 2. The molecule has 1 aromatic heterocycles. The standard InChI is InChI=1S/C23H29N5O4/c1-4-15(3)20(27-23-24-11-8-12-25-23)21(30)26-14-19(29)28-17-10-7-6-9-16(17)13-18(28)22(31)32-5-2/h6-12,15,18,20H,4-5,13-14H2,1-3H3,(H,26,30)(H,24,25,27)/t15-,18-,20-/m0/s1. The molecule has 0 radical (unpaired) electrons. The number of carbonyl (C=O) groups is 3. The Morgan fingerprint density at radius 1 is 1.16 bits per heavy atom. The van der Waals surface area contributed by atoms with Gasteiger partial charge in [-0.05, 0) is 30.5 Å². The summed E-state index contributed by atoms with van der Waals surface area (Å²) in [7, 11) is 0. The molecule has 1 aliphatic heterocycles. The lowest BCUT2D eigenvalue weighted by atomic mass is 9.98. The summed E-state index contributed by atoms with van der Waals surface area (Å²) in [5.41, 5.74) is 1.56. The zero-order valence-electron chi connectivity index (χ0n) is 18.6. The van der Waals surface area contributed by atoms with Gasteiger partial charge >= 0.3 is 5.97 Å². The van der Waals surface area contributed by atoms with Crippen molar-refractivity contribution in [2.24, 2.45) is 5.92 Å². The van der Waals surface area contributed by atoms with Gasteiger partial charge < -0.3 is 15.4 Å². The summed E-state index contributed by atoms with van der Waals surface area (Å²) in [6, 6.07) is 7.70. The van der Waals surface area contributed by atoms with Crippen molar-refractivity contribution in [1.29, 1.82) is 0 Å². The molecule has 0 saturated carbocycles. The minimum atomic E-state index is -0.738. The monoisotopic (exact) mass is 439 g/mol. The van der Waals surface area contributed by atoms with E-state index in [2.05, 4.69) is 20.6 Å². The molecule has 3 atom stereocenters. The number of fused-ring (bicyclic) bond motifs is 1. The fourth-order valence-corrected chi connectivity index (χ4v) is 3.69. The summed E-state index contributed by atoms with van der Waals surface area (Å²) in [5.74, 6) is -0.840. The van der Waals surface area contributed by atoms with Crippen LogP contribution in [0.2, 0.25) is 0 Å². The Morgan fingerprint density at radius 3 is 2.56 bits per heavy atom. The minimum Gasteiger partial charge on any atom is -0.464 e. The molecule has 0 aliphatic carbocycles. The molecule has 1 aromatic carbocycles. The van der Waals surface area contributed by atoms with Gasteiger partial charge in [-0.15, -0.1) is 0 Å². The van der Waals surface area contributed by atoms with Crippen LogP contribution in [0.1, 0.15) is 32.8 Å². The van der Waals surface area contributed by atoms with Crippen LogP contribution in [0.15, 0.2) is 42.7 Å². The van der Waals surface area contributed by atoms with E-state index in [-0.39, 0.29) is 30.9 Å². The van der Waals surface area contributed by atoms with Crippen LogP contribution in [-0.4, -0.2) is 53.0 Å². The van der Waals surface area contributed by atoms with Crippen LogP contribution in [0.25, 0.3) is 0 Å². The van der Waals surface area contributed by atoms with Crippen molar-refractivity contribution in [1.82, 2.24) is 15.3 Å². The van der Waals surface area contributed by atoms with Crippen molar-refractivity contribution in [3.8, 4) is 0 Å². The van der Waals surface area contributed by atoms with Crippen LogP contribution in [0, 0.1) is 5.92 Å². The van der Waals surface area contributed by atoms with Crippen molar-refractivity contribution >= 4 is 29.4 Å². The third kappa shape index (κ3) is 5.22. The zero-order chi connectivity index (χ0) is 23.1. The maximum absolute atomic E-state index is 13.1. The Labute approximate surface area is 187 Å². The molecule has 1 aliphatic rings. The highest BCUT2D eigenvalue weighted by atomic mass is 16.5. The highest BCUT2D eigenvalue weighted by Crippen LogP contribution is 2.32. The van der Waals surface area contributed by atoms with Gasteiger partial charge in [-0.3, -0.25) is 14.5 Å². The molecule has 0 fully saturated rings. The van der Waals surface area contributed by atoms with Gasteiger partial charge in [0, 0.05) is 24.5 Å². The number of nitrogens with zero attached hydrogens (tertiary/aromatic N) is 3. The van der Waals surface area contributed by atoms with Gasteiger partial charge in [0.15, 0.2) is 0 Å². The first kappa shape index (κ1) is 23.2. The van der Waals surface area contributed by atoms with Crippen LogP contribution in [0.3, 0.4) is 0 Å². The Balaban J connectivity index is 1.71. The van der Waals surface area contributed by atoms with Gasteiger partial charge in [0.25, 0.3) is 0 Å². The Bertz CT molecular complexity index is 952. The molecular weight excluding hydrogens is 410 g/mol. The maximum Gasteiger partial charge on any atom is 0.329 e. The highest BCUT2D eigenvalue weighted by molar-refractivity contribution is 6.04. The molecule has 0 bridgehead atoms. The number of nitrogens with one attached hydrogen (secondary N) is 2. The van der Waals surface area contributed by atoms with E-state index in [9.17, 15) is 14.4 Å². The summed E-state index contributed by atoms with van der Waals surface area (Å²) in [6.45, 7) is 5.64. The SMILES string of the molecule is CCOC(=O)[C@@H]1Cc2ccccc2N1C(=O)CNC(=O)[C@@H](Nc1ncccn1)[C@@H](C)CC. The molecule has 0 spiro atoms. The number of ether oxygens (including phenoxy) is 1. The van der Waals surface area contributed by atoms with E-state index in [0.29, 0.717) is 18.1 Å². The predicted octanol–water partition coefficient (Wildman–Crippen LogP) is 1.94. The van der Waals surface area contributed by atoms with E-state index >= 15 is 0 Å². The van der Waals surface area contributed by atoms with Crippen LogP contribution >= 0.6 is 0 Å². The predicted molar refractivity (Wildman–Crippen MR) is 120 cm³/mol. The highest BCUT2D eigenvalue weighted by Gasteiger charge is 2.39. The molecule has 2 amide bonds. The van der Waals surface area contributed by atoms with Crippen LogP contribution in [0.5, 0.6) is 0 Å². The fraction of sp³-hybridized carbons (Fsp3) is 0.435. The average molecular weight is 440 g/mol. The number of para-hydroxylation sites is 1. The van der Waals surface area contributed by atoms with Crippen molar-refractivity contribution in [3.63, 3.8) is 0 Å². The molecule has 2 aromatic rings. The molecular formula is C23H29N5O4. The van der Waals surface area contributed by atoms with E-state index in [1.54, 1.807) is 31.5 Å². The zero-order valence-corrected chi connectivity index (χ0v) is 18.6. The third-order valence-corrected chi connectivity index (χ3v) is 5.56. The van der Waals surface area contributed by atoms with Gasteiger partial charge in [0.05, 0.1) is 13.2 Å². The first-order chi connectivity index (χ1) is 15.5. The number of aromatic nitrogens is 2. The molecule has 3 rings (SSSR count). The van der Waals surface area contributed by atoms with E-state index in [4.69, 9.17) is 4.74 Å². The topological polar surface area (TPSA) is 114 Å². The Kier molecular flexibility index (Phi) is 7.75. The number of rotatable bonds is 9. The van der Waals surface area contributed by atoms with Crippen LogP contribution in [-0.2, 0) is 25.5 Å². The lowest BCUT2D eigenvalue weighted by Crippen LogP contribution is -2.51. The van der Waals surface area contributed by atoms with Gasteiger partial charge in [-0.2, -0.15) is 0 Å². The first-order valence-electron chi connectivity index (χ1n) is 10.8. The van der Waals surface area contributed by atoms with Crippen LogP contribution in [0.4, 0.5) is 11.6 Å². The Hall–Kier alpha value is -3.49. The molecule has 9 heteroatoms. The van der Waals surface area contributed by atoms with Gasteiger partial charge in [0.1, 0.15) is 12.1 Å². The van der Waals surface area contributed by atoms with Crippen molar-refractivity contribution in [3.05, 3.63) is 48.3 Å². The quantitative estimate of drug-likeness (QED) is 0.574. The van der Waals surface area contributed by atoms with Crippen LogP contribution < -0.4 is 15.5 Å². The molecule has 32 heavy (non-hydrogen) atoms. The molecule has 2 N–H and O–H groups in total. The van der Waals surface area contributed by atoms with Crippen molar-refractivity contribution in [2.75, 3.05) is 23.4 Å². The summed E-state index contributed by atoms with van der Waals surface area (Å²) in [6.07, 6.45) is 4.31. The molecule has 2 heterocycles. The average Bonchev–Trinajstić information content (AvgIpc) is 3.21. The maximum atomic E-state index is 13.1. The third-order valence-electron chi connectivity index (χ3n) is 5.56. The lowest BCUT2D eigenvalue weighted by molar-refractivity contribution is -0.145. The summed E-state index contributed by atoms with van der Waals surface area (Å²) >= 11 is 0. The molecule has 9 nitrogen and oxygen atoms in total. The van der Waals surface area contributed by atoms with E-state index < -0.39 is 18.1 Å². The van der Waals surface area contributed by atoms with Crippen molar-refractivity contribution < 1.29 is 19.1 Å². The number of anilines is 2. The molecule has 0 unspecified atom stereocenters. The second-order valence-electron chi connectivity index (χ2n) is 7.66. The summed E-state index contributed by atoms with van der Waals surface area (Å²) in [4.78, 5) is 48.2. The van der Waals surface area contributed by atoms with Gasteiger partial charge in [-0.25, -0.2) is 14.8 Å². The van der Waals surface area contributed by atoms with E-state index in [1.807, 2.05) is 32.0 Å². The minimum absolute atomic E-state index is 0.0197. The van der Waals surface area contributed by atoms with Gasteiger partial charge in [-0.1, -0.05) is 38.5 Å². The number of benzene rings is 1. The second-order valence-corrected chi connectivity index (χ2v) is 7.66. The first-order valence-corrected chi connectivity index (χ1v) is 10.8. The van der Waals surface area contributed by atoms with Gasteiger partial charge in [0.2, 0.25) is 17.8 Å².